The summed E-state index contributed by atoms with van der Waals surface area (Å²) < 4.78 is 18.1. The number of carbonyl (C=O) groups is 1. The molecular formula is C21H21FN4O2. The fraction of sp³-hybridized carbons (Fsp3) is 0.190. The van der Waals surface area contributed by atoms with Gasteiger partial charge < -0.3 is 15.4 Å². The van der Waals surface area contributed by atoms with Crippen LogP contribution in [0.1, 0.15) is 21.6 Å². The number of hydrogen-bond acceptors (Lipinski definition) is 5. The molecule has 0 bridgehead atoms. The number of hydrogen-bond donors (Lipinski definition) is 2. The lowest BCUT2D eigenvalue weighted by molar-refractivity contribution is 0.0949. The maximum absolute atomic E-state index is 12.9. The second-order valence-corrected chi connectivity index (χ2v) is 6.10. The number of amides is 1. The van der Waals surface area contributed by atoms with Crippen LogP contribution < -0.4 is 15.4 Å². The lowest BCUT2D eigenvalue weighted by atomic mass is 10.1. The summed E-state index contributed by atoms with van der Waals surface area (Å²) in [6.45, 7) is 0.927. The molecule has 0 saturated heterocycles. The largest absolute Gasteiger partial charge is 0.497 e. The van der Waals surface area contributed by atoms with Crippen molar-refractivity contribution in [2.75, 3.05) is 19.0 Å². The molecule has 0 unspecified atom stereocenters. The van der Waals surface area contributed by atoms with Crippen molar-refractivity contribution in [3.8, 4) is 5.75 Å². The molecule has 0 atom stereocenters. The molecule has 0 aliphatic rings. The van der Waals surface area contributed by atoms with Crippen LogP contribution in [0.4, 0.5) is 10.3 Å². The maximum atomic E-state index is 12.9. The van der Waals surface area contributed by atoms with Gasteiger partial charge in [0.05, 0.1) is 7.11 Å². The van der Waals surface area contributed by atoms with Gasteiger partial charge in [-0.05, 0) is 47.9 Å². The molecule has 1 amide bonds. The van der Waals surface area contributed by atoms with Crippen LogP contribution in [0.3, 0.4) is 0 Å². The first-order chi connectivity index (χ1) is 13.6. The van der Waals surface area contributed by atoms with Crippen molar-refractivity contribution in [2.45, 2.75) is 13.0 Å². The molecule has 2 aromatic carbocycles. The predicted molar refractivity (Wildman–Crippen MR) is 105 cm³/mol. The Morgan fingerprint density at radius 2 is 1.75 bits per heavy atom. The van der Waals surface area contributed by atoms with Gasteiger partial charge in [0.1, 0.15) is 17.3 Å². The molecule has 0 radical (unpaired) electrons. The van der Waals surface area contributed by atoms with Crippen LogP contribution in [0.2, 0.25) is 0 Å². The van der Waals surface area contributed by atoms with Gasteiger partial charge in [-0.15, -0.1) is 0 Å². The van der Waals surface area contributed by atoms with E-state index in [0.29, 0.717) is 25.5 Å². The Morgan fingerprint density at radius 3 is 2.46 bits per heavy atom. The summed E-state index contributed by atoms with van der Waals surface area (Å²) in [6.07, 6.45) is 2.23. The third-order valence-electron chi connectivity index (χ3n) is 4.11. The zero-order valence-electron chi connectivity index (χ0n) is 15.5. The van der Waals surface area contributed by atoms with Crippen molar-refractivity contribution in [2.24, 2.45) is 0 Å². The quantitative estimate of drug-likeness (QED) is 0.628. The number of nitrogens with one attached hydrogen (secondary N) is 2. The van der Waals surface area contributed by atoms with E-state index in [1.807, 2.05) is 24.3 Å². The Labute approximate surface area is 162 Å². The van der Waals surface area contributed by atoms with Crippen molar-refractivity contribution in [3.63, 3.8) is 0 Å². The molecule has 0 fully saturated rings. The topological polar surface area (TPSA) is 76.1 Å². The lowest BCUT2D eigenvalue weighted by Gasteiger charge is -2.08. The average molecular weight is 380 g/mol. The second-order valence-electron chi connectivity index (χ2n) is 6.10. The molecule has 7 heteroatoms. The molecule has 2 N–H and O–H groups in total. The number of nitrogens with zero attached hydrogens (tertiary/aromatic N) is 2. The van der Waals surface area contributed by atoms with Gasteiger partial charge >= 0.3 is 0 Å². The first-order valence-electron chi connectivity index (χ1n) is 8.86. The third kappa shape index (κ3) is 5.51. The van der Waals surface area contributed by atoms with Gasteiger partial charge in [-0.25, -0.2) is 14.4 Å². The van der Waals surface area contributed by atoms with Crippen LogP contribution in [0.5, 0.6) is 5.75 Å². The molecule has 0 spiro atoms. The molecule has 1 heterocycles. The molecule has 0 aliphatic carbocycles. The van der Waals surface area contributed by atoms with E-state index in [9.17, 15) is 9.18 Å². The van der Waals surface area contributed by atoms with Crippen LogP contribution in [-0.4, -0.2) is 29.5 Å². The molecular weight excluding hydrogens is 359 g/mol. The number of methoxy groups -OCH3 is 1. The van der Waals surface area contributed by atoms with Crippen molar-refractivity contribution >= 4 is 11.9 Å². The van der Waals surface area contributed by atoms with Crippen LogP contribution in [-0.2, 0) is 13.0 Å². The summed E-state index contributed by atoms with van der Waals surface area (Å²) >= 11 is 0. The van der Waals surface area contributed by atoms with E-state index in [2.05, 4.69) is 20.6 Å². The highest BCUT2D eigenvalue weighted by Gasteiger charge is 2.08. The van der Waals surface area contributed by atoms with Crippen LogP contribution in [0.15, 0.2) is 60.8 Å². The van der Waals surface area contributed by atoms with Crippen LogP contribution in [0, 0.1) is 5.82 Å². The summed E-state index contributed by atoms with van der Waals surface area (Å²) in [6, 6.07) is 15.4. The standard InChI is InChI=1S/C21H21FN4O2/c1-28-18-8-4-15(5-9-18)10-12-23-20(27)19-11-13-24-21(26-19)25-14-16-2-6-17(22)7-3-16/h2-9,11,13H,10,12,14H2,1H3,(H,23,27)(H,24,25,26). The Balaban J connectivity index is 1.50. The first-order valence-corrected chi connectivity index (χ1v) is 8.86. The van der Waals surface area contributed by atoms with Gasteiger partial charge in [0.25, 0.3) is 5.91 Å². The normalized spacial score (nSPS) is 10.4. The number of ether oxygens (including phenoxy) is 1. The maximum Gasteiger partial charge on any atom is 0.270 e. The van der Waals surface area contributed by atoms with E-state index in [1.54, 1.807) is 25.3 Å². The molecule has 0 saturated carbocycles. The summed E-state index contributed by atoms with van der Waals surface area (Å²) in [5.41, 5.74) is 2.27. The van der Waals surface area contributed by atoms with E-state index in [0.717, 1.165) is 16.9 Å². The highest BCUT2D eigenvalue weighted by molar-refractivity contribution is 5.92. The highest BCUT2D eigenvalue weighted by Crippen LogP contribution is 2.11. The zero-order valence-corrected chi connectivity index (χ0v) is 15.5. The Hall–Kier alpha value is -3.48. The average Bonchev–Trinajstić information content (AvgIpc) is 2.74. The Bertz CT molecular complexity index is 914. The second kappa shape index (κ2) is 9.45. The van der Waals surface area contributed by atoms with E-state index in [1.165, 1.54) is 18.3 Å². The lowest BCUT2D eigenvalue weighted by Crippen LogP contribution is -2.26. The first kappa shape index (κ1) is 19.3. The van der Waals surface area contributed by atoms with Crippen molar-refractivity contribution in [3.05, 3.63) is 83.4 Å². The fourth-order valence-electron chi connectivity index (χ4n) is 2.56. The monoisotopic (exact) mass is 380 g/mol. The minimum atomic E-state index is -0.284. The Morgan fingerprint density at radius 1 is 1.04 bits per heavy atom. The minimum absolute atomic E-state index is 0.263. The summed E-state index contributed by atoms with van der Waals surface area (Å²) in [4.78, 5) is 20.6. The van der Waals surface area contributed by atoms with Crippen molar-refractivity contribution in [1.29, 1.82) is 0 Å². The highest BCUT2D eigenvalue weighted by atomic mass is 19.1. The number of halogens is 1. The predicted octanol–water partition coefficient (Wildman–Crippen LogP) is 3.21. The van der Waals surface area contributed by atoms with Gasteiger partial charge in [0.15, 0.2) is 0 Å². The fourth-order valence-corrected chi connectivity index (χ4v) is 2.56. The summed E-state index contributed by atoms with van der Waals surface area (Å²) in [7, 11) is 1.62. The van der Waals surface area contributed by atoms with E-state index in [4.69, 9.17) is 4.74 Å². The molecule has 1 aromatic heterocycles. The molecule has 0 aliphatic heterocycles. The van der Waals surface area contributed by atoms with Gasteiger partial charge in [-0.2, -0.15) is 0 Å². The summed E-state index contributed by atoms with van der Waals surface area (Å²) in [5, 5.41) is 5.89. The van der Waals surface area contributed by atoms with E-state index < -0.39 is 0 Å². The Kier molecular flexibility index (Phi) is 6.51. The van der Waals surface area contributed by atoms with E-state index in [-0.39, 0.29) is 17.4 Å². The number of anilines is 1. The smallest absolute Gasteiger partial charge is 0.270 e. The number of benzene rings is 2. The summed E-state index contributed by atoms with van der Waals surface area (Å²) in [5.74, 6) is 0.593. The number of carbonyl (C=O) groups excluding carboxylic acids is 1. The number of rotatable bonds is 8. The van der Waals surface area contributed by atoms with Crippen molar-refractivity contribution < 1.29 is 13.9 Å². The van der Waals surface area contributed by atoms with E-state index >= 15 is 0 Å². The van der Waals surface area contributed by atoms with Gasteiger partial charge in [-0.3, -0.25) is 4.79 Å². The molecule has 28 heavy (non-hydrogen) atoms. The number of aromatic nitrogens is 2. The third-order valence-corrected chi connectivity index (χ3v) is 4.11. The molecule has 144 valence electrons. The molecule has 3 rings (SSSR count). The van der Waals surface area contributed by atoms with Gasteiger partial charge in [0, 0.05) is 19.3 Å². The van der Waals surface area contributed by atoms with Crippen LogP contribution in [0.25, 0.3) is 0 Å². The zero-order chi connectivity index (χ0) is 19.8. The molecule has 3 aromatic rings. The van der Waals surface area contributed by atoms with Crippen molar-refractivity contribution in [1.82, 2.24) is 15.3 Å². The van der Waals surface area contributed by atoms with Gasteiger partial charge in [0.2, 0.25) is 5.95 Å². The van der Waals surface area contributed by atoms with Crippen LogP contribution >= 0.6 is 0 Å². The van der Waals surface area contributed by atoms with Gasteiger partial charge in [-0.1, -0.05) is 24.3 Å². The minimum Gasteiger partial charge on any atom is -0.497 e. The SMILES string of the molecule is COc1ccc(CCNC(=O)c2ccnc(NCc3ccc(F)cc3)n2)cc1. The molecule has 6 nitrogen and oxygen atoms in total.